The Morgan fingerprint density at radius 2 is 1.87 bits per heavy atom. The Labute approximate surface area is 133 Å². The number of fused-ring (bicyclic) bond motifs is 2. The van der Waals surface area contributed by atoms with Crippen molar-refractivity contribution in [2.45, 2.75) is 12.0 Å². The van der Waals surface area contributed by atoms with Crippen LogP contribution >= 0.6 is 0 Å². The minimum absolute atomic E-state index is 0.0951. The highest BCUT2D eigenvalue weighted by atomic mass is 16.6. The smallest absolute Gasteiger partial charge is 0.257 e. The molecular weight excluding hydrogens is 292 g/mol. The van der Waals surface area contributed by atoms with Gasteiger partial charge in [0.1, 0.15) is 5.75 Å². The summed E-state index contributed by atoms with van der Waals surface area (Å²) < 4.78 is 7.65. The predicted molar refractivity (Wildman–Crippen MR) is 87.5 cm³/mol. The van der Waals surface area contributed by atoms with Crippen LogP contribution in [0, 0.1) is 10.1 Å². The molecule has 0 saturated carbocycles. The largest absolute Gasteiger partial charge is 0.486 e. The van der Waals surface area contributed by atoms with E-state index >= 15 is 0 Å². The first-order valence-corrected chi connectivity index (χ1v) is 7.56. The summed E-state index contributed by atoms with van der Waals surface area (Å²) in [5, 5.41) is 12.7. The highest BCUT2D eigenvalue weighted by molar-refractivity contribution is 5.85. The van der Waals surface area contributed by atoms with E-state index < -0.39 is 6.04 Å². The number of para-hydroxylation sites is 2. The fourth-order valence-corrected chi connectivity index (χ4v) is 3.53. The molecule has 0 bridgehead atoms. The molecular formula is C18H16N2O3. The zero-order valence-corrected chi connectivity index (χ0v) is 12.7. The summed E-state index contributed by atoms with van der Waals surface area (Å²) in [5.41, 5.74) is 2.95. The average Bonchev–Trinajstić information content (AvgIpc) is 2.91. The van der Waals surface area contributed by atoms with Crippen molar-refractivity contribution in [1.82, 2.24) is 4.57 Å². The number of ether oxygens (including phenoxy) is 1. The number of hydrogen-bond acceptors (Lipinski definition) is 3. The highest BCUT2D eigenvalue weighted by Gasteiger charge is 2.41. The number of aromatic nitrogens is 1. The normalized spacial score (nSPS) is 20.0. The second kappa shape index (κ2) is 5.12. The molecule has 23 heavy (non-hydrogen) atoms. The van der Waals surface area contributed by atoms with Gasteiger partial charge in [-0.3, -0.25) is 10.1 Å². The second-order valence-corrected chi connectivity index (χ2v) is 5.89. The second-order valence-electron chi connectivity index (χ2n) is 5.89. The van der Waals surface area contributed by atoms with E-state index in [1.165, 1.54) is 0 Å². The molecule has 0 saturated heterocycles. The molecule has 0 unspecified atom stereocenters. The SMILES string of the molecule is Cn1cc([C@H]2c3ccccc3OC[C@@H]2[N+](=O)[O-])c2ccccc21. The quantitative estimate of drug-likeness (QED) is 0.539. The Morgan fingerprint density at radius 1 is 1.13 bits per heavy atom. The lowest BCUT2D eigenvalue weighted by atomic mass is 9.83. The summed E-state index contributed by atoms with van der Waals surface area (Å²) in [6, 6.07) is 14.8. The summed E-state index contributed by atoms with van der Waals surface area (Å²) in [5.74, 6) is 0.435. The maximum atomic E-state index is 11.6. The van der Waals surface area contributed by atoms with Gasteiger partial charge in [0.05, 0.1) is 5.92 Å². The lowest BCUT2D eigenvalue weighted by Gasteiger charge is -2.28. The molecule has 116 valence electrons. The van der Waals surface area contributed by atoms with Gasteiger partial charge in [-0.2, -0.15) is 0 Å². The maximum absolute atomic E-state index is 11.6. The third-order valence-corrected chi connectivity index (χ3v) is 4.58. The number of aryl methyl sites for hydroxylation is 1. The minimum atomic E-state index is -0.782. The molecule has 5 heteroatoms. The van der Waals surface area contributed by atoms with Gasteiger partial charge in [-0.15, -0.1) is 0 Å². The first-order chi connectivity index (χ1) is 11.2. The van der Waals surface area contributed by atoms with Crippen molar-refractivity contribution in [3.63, 3.8) is 0 Å². The van der Waals surface area contributed by atoms with Crippen molar-refractivity contribution in [2.24, 2.45) is 7.05 Å². The maximum Gasteiger partial charge on any atom is 0.257 e. The summed E-state index contributed by atoms with van der Waals surface area (Å²) in [6.45, 7) is 0.0951. The van der Waals surface area contributed by atoms with E-state index in [1.54, 1.807) is 0 Å². The molecule has 4 rings (SSSR count). The van der Waals surface area contributed by atoms with Gasteiger partial charge >= 0.3 is 0 Å². The Kier molecular flexibility index (Phi) is 3.08. The van der Waals surface area contributed by atoms with Crippen molar-refractivity contribution >= 4 is 10.9 Å². The molecule has 0 fully saturated rings. The van der Waals surface area contributed by atoms with E-state index in [1.807, 2.05) is 66.3 Å². The topological polar surface area (TPSA) is 57.3 Å². The van der Waals surface area contributed by atoms with Crippen LogP contribution in [-0.4, -0.2) is 22.1 Å². The Balaban J connectivity index is 1.98. The van der Waals surface area contributed by atoms with Crippen LogP contribution in [0.15, 0.2) is 54.7 Å². The van der Waals surface area contributed by atoms with E-state index in [-0.39, 0.29) is 17.4 Å². The van der Waals surface area contributed by atoms with Crippen LogP contribution in [0.3, 0.4) is 0 Å². The fraction of sp³-hybridized carbons (Fsp3) is 0.222. The van der Waals surface area contributed by atoms with E-state index in [4.69, 9.17) is 4.74 Å². The van der Waals surface area contributed by atoms with Gasteiger partial charge in [-0.05, 0) is 17.7 Å². The third-order valence-electron chi connectivity index (χ3n) is 4.58. The molecule has 0 amide bonds. The van der Waals surface area contributed by atoms with Crippen molar-refractivity contribution in [1.29, 1.82) is 0 Å². The molecule has 1 aliphatic rings. The van der Waals surface area contributed by atoms with Crippen LogP contribution in [0.5, 0.6) is 5.75 Å². The lowest BCUT2D eigenvalue weighted by Crippen LogP contribution is -2.37. The number of rotatable bonds is 2. The third kappa shape index (κ3) is 2.08. The Hall–Kier alpha value is -2.82. The van der Waals surface area contributed by atoms with Gasteiger partial charge in [0, 0.05) is 34.6 Å². The summed E-state index contributed by atoms with van der Waals surface area (Å²) in [4.78, 5) is 11.4. The van der Waals surface area contributed by atoms with Crippen LogP contribution in [0.4, 0.5) is 0 Å². The van der Waals surface area contributed by atoms with Crippen molar-refractivity contribution < 1.29 is 9.66 Å². The Morgan fingerprint density at radius 3 is 2.70 bits per heavy atom. The number of nitro groups is 1. The molecule has 2 heterocycles. The molecule has 1 aliphatic heterocycles. The molecule has 2 aromatic carbocycles. The summed E-state index contributed by atoms with van der Waals surface area (Å²) in [7, 11) is 1.97. The molecule has 0 radical (unpaired) electrons. The molecule has 1 aromatic heterocycles. The number of nitrogens with zero attached hydrogens (tertiary/aromatic N) is 2. The summed E-state index contributed by atoms with van der Waals surface area (Å²) in [6.07, 6.45) is 2.01. The van der Waals surface area contributed by atoms with E-state index in [0.717, 1.165) is 27.8 Å². The van der Waals surface area contributed by atoms with Gasteiger partial charge in [0.2, 0.25) is 0 Å². The first kappa shape index (κ1) is 13.8. The van der Waals surface area contributed by atoms with Crippen molar-refractivity contribution in [3.8, 4) is 5.75 Å². The van der Waals surface area contributed by atoms with Crippen LogP contribution in [-0.2, 0) is 7.05 Å². The van der Waals surface area contributed by atoms with Crippen LogP contribution in [0.1, 0.15) is 17.0 Å². The van der Waals surface area contributed by atoms with E-state index in [2.05, 4.69) is 0 Å². The zero-order chi connectivity index (χ0) is 16.0. The monoisotopic (exact) mass is 308 g/mol. The number of benzene rings is 2. The molecule has 0 N–H and O–H groups in total. The van der Waals surface area contributed by atoms with Crippen LogP contribution in [0.25, 0.3) is 10.9 Å². The van der Waals surface area contributed by atoms with Gasteiger partial charge < -0.3 is 9.30 Å². The van der Waals surface area contributed by atoms with Gasteiger partial charge in [-0.25, -0.2) is 0 Å². The molecule has 0 aliphatic carbocycles. The molecule has 0 spiro atoms. The molecule has 3 aromatic rings. The lowest BCUT2D eigenvalue weighted by molar-refractivity contribution is -0.528. The molecule has 2 atom stereocenters. The standard InChI is InChI=1S/C18H16N2O3/c1-19-10-14(12-6-2-4-8-15(12)19)18-13-7-3-5-9-17(13)23-11-16(18)20(21)22/h2-10,16,18H,11H2,1H3/t16-,18+/m0/s1. The van der Waals surface area contributed by atoms with E-state index in [9.17, 15) is 10.1 Å². The van der Waals surface area contributed by atoms with Gasteiger partial charge in [0.25, 0.3) is 6.04 Å². The van der Waals surface area contributed by atoms with Crippen LogP contribution in [0.2, 0.25) is 0 Å². The van der Waals surface area contributed by atoms with Crippen molar-refractivity contribution in [3.05, 3.63) is 76.0 Å². The highest BCUT2D eigenvalue weighted by Crippen LogP contribution is 2.42. The van der Waals surface area contributed by atoms with Gasteiger partial charge in [0.15, 0.2) is 6.61 Å². The van der Waals surface area contributed by atoms with Gasteiger partial charge in [-0.1, -0.05) is 36.4 Å². The Bertz CT molecular complexity index is 900. The zero-order valence-electron chi connectivity index (χ0n) is 12.7. The predicted octanol–water partition coefficient (Wildman–Crippen LogP) is 3.35. The minimum Gasteiger partial charge on any atom is -0.486 e. The fourth-order valence-electron chi connectivity index (χ4n) is 3.53. The van der Waals surface area contributed by atoms with E-state index in [0.29, 0.717) is 0 Å². The van der Waals surface area contributed by atoms with Crippen LogP contribution < -0.4 is 4.74 Å². The summed E-state index contributed by atoms with van der Waals surface area (Å²) >= 11 is 0. The first-order valence-electron chi connectivity index (χ1n) is 7.56. The van der Waals surface area contributed by atoms with Crippen molar-refractivity contribution in [2.75, 3.05) is 6.61 Å². The average molecular weight is 308 g/mol. The molecule has 5 nitrogen and oxygen atoms in total. The number of hydrogen-bond donors (Lipinski definition) is 0.